The number of ether oxygens (including phenoxy) is 1. The minimum atomic E-state index is -0.333. The zero-order chi connectivity index (χ0) is 11.4. The molecule has 0 N–H and O–H groups in total. The van der Waals surface area contributed by atoms with Crippen molar-refractivity contribution in [2.75, 3.05) is 20.2 Å². The summed E-state index contributed by atoms with van der Waals surface area (Å²) in [6, 6.07) is 3.66. The Morgan fingerprint density at radius 2 is 2.19 bits per heavy atom. The molecule has 86 valence electrons. The van der Waals surface area contributed by atoms with Crippen molar-refractivity contribution >= 4 is 5.97 Å². The summed E-state index contributed by atoms with van der Waals surface area (Å²) in [6.07, 6.45) is 4.14. The van der Waals surface area contributed by atoms with E-state index in [4.69, 9.17) is 0 Å². The molecule has 0 aliphatic carbocycles. The van der Waals surface area contributed by atoms with Gasteiger partial charge in [0.1, 0.15) is 0 Å². The Morgan fingerprint density at radius 1 is 1.44 bits per heavy atom. The standard InChI is InChI=1S/C12H16N2O2/c1-16-12(15)10-4-5-11(13-8-10)9-14-6-2-3-7-14/h4-5,8H,2-3,6-7,9H2,1H3. The van der Waals surface area contributed by atoms with Crippen LogP contribution in [0.5, 0.6) is 0 Å². The molecule has 0 saturated carbocycles. The number of aromatic nitrogens is 1. The third-order valence-corrected chi connectivity index (χ3v) is 2.83. The minimum absolute atomic E-state index is 0.333. The molecule has 0 amide bonds. The number of pyridine rings is 1. The molecule has 1 aliphatic heterocycles. The summed E-state index contributed by atoms with van der Waals surface area (Å²) in [5.74, 6) is -0.333. The summed E-state index contributed by atoms with van der Waals surface area (Å²) < 4.78 is 4.62. The molecule has 1 saturated heterocycles. The van der Waals surface area contributed by atoms with Crippen LogP contribution in [0.1, 0.15) is 28.9 Å². The quantitative estimate of drug-likeness (QED) is 0.723. The second-order valence-electron chi connectivity index (χ2n) is 4.01. The van der Waals surface area contributed by atoms with Crippen LogP contribution in [0.4, 0.5) is 0 Å². The van der Waals surface area contributed by atoms with E-state index in [9.17, 15) is 4.79 Å². The highest BCUT2D eigenvalue weighted by Gasteiger charge is 2.12. The van der Waals surface area contributed by atoms with Crippen LogP contribution in [-0.4, -0.2) is 36.1 Å². The average Bonchev–Trinajstić information content (AvgIpc) is 2.82. The number of likely N-dealkylation sites (tertiary alicyclic amines) is 1. The van der Waals surface area contributed by atoms with Crippen LogP contribution in [0.3, 0.4) is 0 Å². The van der Waals surface area contributed by atoms with E-state index in [0.717, 1.165) is 25.3 Å². The number of hydrogen-bond donors (Lipinski definition) is 0. The maximum Gasteiger partial charge on any atom is 0.339 e. The predicted molar refractivity (Wildman–Crippen MR) is 60.1 cm³/mol. The molecular formula is C12H16N2O2. The van der Waals surface area contributed by atoms with E-state index in [0.29, 0.717) is 5.56 Å². The molecular weight excluding hydrogens is 204 g/mol. The molecule has 1 aromatic rings. The van der Waals surface area contributed by atoms with Gasteiger partial charge in [0.25, 0.3) is 0 Å². The molecule has 1 aliphatic rings. The molecule has 1 aromatic heterocycles. The van der Waals surface area contributed by atoms with E-state index in [2.05, 4.69) is 14.6 Å². The lowest BCUT2D eigenvalue weighted by molar-refractivity contribution is 0.0600. The van der Waals surface area contributed by atoms with E-state index in [1.165, 1.54) is 20.0 Å². The maximum absolute atomic E-state index is 11.2. The molecule has 0 spiro atoms. The second kappa shape index (κ2) is 5.07. The van der Waals surface area contributed by atoms with Gasteiger partial charge in [0.2, 0.25) is 0 Å². The predicted octanol–water partition coefficient (Wildman–Crippen LogP) is 1.46. The molecule has 0 atom stereocenters. The molecule has 2 heterocycles. The molecule has 0 radical (unpaired) electrons. The molecule has 4 heteroatoms. The Labute approximate surface area is 95.2 Å². The van der Waals surface area contributed by atoms with Crippen LogP contribution in [0, 0.1) is 0 Å². The molecule has 2 rings (SSSR count). The average molecular weight is 220 g/mol. The van der Waals surface area contributed by atoms with Crippen molar-refractivity contribution in [3.05, 3.63) is 29.6 Å². The summed E-state index contributed by atoms with van der Waals surface area (Å²) in [7, 11) is 1.38. The van der Waals surface area contributed by atoms with Crippen LogP contribution < -0.4 is 0 Å². The normalized spacial score (nSPS) is 16.3. The Hall–Kier alpha value is -1.42. The lowest BCUT2D eigenvalue weighted by Gasteiger charge is -2.13. The maximum atomic E-state index is 11.2. The SMILES string of the molecule is COC(=O)c1ccc(CN2CCCC2)nc1. The van der Waals surface area contributed by atoms with Crippen molar-refractivity contribution in [1.82, 2.24) is 9.88 Å². The van der Waals surface area contributed by atoms with Gasteiger partial charge in [0.15, 0.2) is 0 Å². The number of hydrogen-bond acceptors (Lipinski definition) is 4. The Morgan fingerprint density at radius 3 is 2.75 bits per heavy atom. The van der Waals surface area contributed by atoms with Gasteiger partial charge >= 0.3 is 5.97 Å². The summed E-state index contributed by atoms with van der Waals surface area (Å²) in [6.45, 7) is 3.18. The summed E-state index contributed by atoms with van der Waals surface area (Å²) in [5, 5.41) is 0. The van der Waals surface area contributed by atoms with Crippen LogP contribution in [0.2, 0.25) is 0 Å². The topological polar surface area (TPSA) is 42.4 Å². The van der Waals surface area contributed by atoms with Crippen LogP contribution >= 0.6 is 0 Å². The van der Waals surface area contributed by atoms with Crippen molar-refractivity contribution in [3.63, 3.8) is 0 Å². The van der Waals surface area contributed by atoms with Crippen molar-refractivity contribution in [2.24, 2.45) is 0 Å². The van der Waals surface area contributed by atoms with Crippen molar-refractivity contribution in [1.29, 1.82) is 0 Å². The Bertz CT molecular complexity index is 356. The van der Waals surface area contributed by atoms with Gasteiger partial charge in [-0.1, -0.05) is 0 Å². The zero-order valence-electron chi connectivity index (χ0n) is 9.48. The van der Waals surface area contributed by atoms with Crippen molar-refractivity contribution in [3.8, 4) is 0 Å². The fourth-order valence-electron chi connectivity index (χ4n) is 1.93. The molecule has 0 bridgehead atoms. The van der Waals surface area contributed by atoms with Crippen LogP contribution in [-0.2, 0) is 11.3 Å². The summed E-state index contributed by atoms with van der Waals surface area (Å²) >= 11 is 0. The first-order valence-electron chi connectivity index (χ1n) is 5.55. The first-order chi connectivity index (χ1) is 7.79. The molecule has 1 fully saturated rings. The third-order valence-electron chi connectivity index (χ3n) is 2.83. The number of nitrogens with zero attached hydrogens (tertiary/aromatic N) is 2. The monoisotopic (exact) mass is 220 g/mol. The van der Waals surface area contributed by atoms with E-state index in [-0.39, 0.29) is 5.97 Å². The van der Waals surface area contributed by atoms with Crippen LogP contribution in [0.25, 0.3) is 0 Å². The first-order valence-corrected chi connectivity index (χ1v) is 5.55. The number of carbonyl (C=O) groups is 1. The van der Waals surface area contributed by atoms with Gasteiger partial charge in [-0.2, -0.15) is 0 Å². The highest BCUT2D eigenvalue weighted by molar-refractivity contribution is 5.88. The van der Waals surface area contributed by atoms with E-state index in [1.807, 2.05) is 6.07 Å². The highest BCUT2D eigenvalue weighted by atomic mass is 16.5. The number of esters is 1. The lowest BCUT2D eigenvalue weighted by atomic mass is 10.2. The fraction of sp³-hybridized carbons (Fsp3) is 0.500. The highest BCUT2D eigenvalue weighted by Crippen LogP contribution is 2.11. The van der Waals surface area contributed by atoms with Gasteiger partial charge < -0.3 is 4.74 Å². The number of methoxy groups -OCH3 is 1. The summed E-state index contributed by atoms with van der Waals surface area (Å²) in [5.41, 5.74) is 1.52. The van der Waals surface area contributed by atoms with E-state index in [1.54, 1.807) is 12.3 Å². The van der Waals surface area contributed by atoms with Gasteiger partial charge in [-0.3, -0.25) is 9.88 Å². The number of rotatable bonds is 3. The van der Waals surface area contributed by atoms with Gasteiger partial charge in [0.05, 0.1) is 18.4 Å². The second-order valence-corrected chi connectivity index (χ2v) is 4.01. The largest absolute Gasteiger partial charge is 0.465 e. The lowest BCUT2D eigenvalue weighted by Crippen LogP contribution is -2.19. The molecule has 4 nitrogen and oxygen atoms in total. The third kappa shape index (κ3) is 2.58. The first kappa shape index (κ1) is 11.1. The van der Waals surface area contributed by atoms with Gasteiger partial charge in [-0.15, -0.1) is 0 Å². The van der Waals surface area contributed by atoms with Crippen molar-refractivity contribution < 1.29 is 9.53 Å². The van der Waals surface area contributed by atoms with Gasteiger partial charge in [0, 0.05) is 12.7 Å². The zero-order valence-corrected chi connectivity index (χ0v) is 9.48. The Kier molecular flexibility index (Phi) is 3.51. The Balaban J connectivity index is 1.98. The van der Waals surface area contributed by atoms with Gasteiger partial charge in [-0.25, -0.2) is 4.79 Å². The van der Waals surface area contributed by atoms with Crippen molar-refractivity contribution in [2.45, 2.75) is 19.4 Å². The van der Waals surface area contributed by atoms with Crippen LogP contribution in [0.15, 0.2) is 18.3 Å². The van der Waals surface area contributed by atoms with E-state index < -0.39 is 0 Å². The molecule has 0 aromatic carbocycles. The number of carbonyl (C=O) groups excluding carboxylic acids is 1. The van der Waals surface area contributed by atoms with Gasteiger partial charge in [-0.05, 0) is 38.1 Å². The minimum Gasteiger partial charge on any atom is -0.465 e. The van der Waals surface area contributed by atoms with E-state index >= 15 is 0 Å². The molecule has 16 heavy (non-hydrogen) atoms. The molecule has 0 unspecified atom stereocenters. The smallest absolute Gasteiger partial charge is 0.339 e. The summed E-state index contributed by atoms with van der Waals surface area (Å²) in [4.78, 5) is 17.8. The fourth-order valence-corrected chi connectivity index (χ4v) is 1.93.